The van der Waals surface area contributed by atoms with E-state index in [4.69, 9.17) is 0 Å². The van der Waals surface area contributed by atoms with E-state index in [2.05, 4.69) is 58.4 Å². The fraction of sp³-hybridized carbons (Fsp3) is 0.450. The van der Waals surface area contributed by atoms with Crippen molar-refractivity contribution in [1.82, 2.24) is 15.3 Å². The number of unbranched alkanes of at least 4 members (excludes halogenated alkanes) is 2. The molecule has 0 aliphatic carbocycles. The Bertz CT molecular complexity index is 683. The highest BCUT2D eigenvalue weighted by molar-refractivity contribution is 5.92. The first kappa shape index (κ1) is 19.7. The summed E-state index contributed by atoms with van der Waals surface area (Å²) in [5, 5.41) is 6.05. The number of hydrogen-bond acceptors (Lipinski definition) is 5. The van der Waals surface area contributed by atoms with Crippen LogP contribution in [0, 0.1) is 0 Å². The van der Waals surface area contributed by atoms with Crippen LogP contribution in [0.25, 0.3) is 0 Å². The summed E-state index contributed by atoms with van der Waals surface area (Å²) in [4.78, 5) is 23.0. The number of aromatic nitrogens is 2. The van der Waals surface area contributed by atoms with E-state index in [0.717, 1.165) is 38.0 Å². The Morgan fingerprint density at radius 3 is 2.42 bits per heavy atom. The highest BCUT2D eigenvalue weighted by atomic mass is 16.1. The topological polar surface area (TPSA) is 70.2 Å². The second-order valence-corrected chi connectivity index (χ2v) is 6.07. The van der Waals surface area contributed by atoms with E-state index in [1.807, 2.05) is 12.1 Å². The zero-order chi connectivity index (χ0) is 18.8. The maximum absolute atomic E-state index is 12.2. The fourth-order valence-electron chi connectivity index (χ4n) is 2.69. The van der Waals surface area contributed by atoms with Crippen molar-refractivity contribution in [3.05, 3.63) is 42.2 Å². The van der Waals surface area contributed by atoms with E-state index in [1.165, 1.54) is 5.69 Å². The van der Waals surface area contributed by atoms with Crippen LogP contribution < -0.4 is 15.5 Å². The van der Waals surface area contributed by atoms with Gasteiger partial charge in [0.25, 0.3) is 5.91 Å². The Balaban J connectivity index is 1.98. The molecule has 0 unspecified atom stereocenters. The van der Waals surface area contributed by atoms with E-state index in [0.29, 0.717) is 18.2 Å². The maximum atomic E-state index is 12.2. The van der Waals surface area contributed by atoms with Gasteiger partial charge in [-0.1, -0.05) is 19.8 Å². The van der Waals surface area contributed by atoms with Crippen LogP contribution in [-0.2, 0) is 0 Å². The lowest BCUT2D eigenvalue weighted by atomic mass is 10.2. The van der Waals surface area contributed by atoms with Gasteiger partial charge >= 0.3 is 0 Å². The van der Waals surface area contributed by atoms with Crippen LogP contribution in [0.3, 0.4) is 0 Å². The molecular weight excluding hydrogens is 326 g/mol. The van der Waals surface area contributed by atoms with Gasteiger partial charge in [0.1, 0.15) is 5.69 Å². The number of amides is 1. The number of nitrogens with one attached hydrogen (secondary N) is 2. The molecule has 0 atom stereocenters. The summed E-state index contributed by atoms with van der Waals surface area (Å²) in [5.41, 5.74) is 2.45. The quantitative estimate of drug-likeness (QED) is 0.631. The van der Waals surface area contributed by atoms with Crippen molar-refractivity contribution in [1.29, 1.82) is 0 Å². The number of anilines is 3. The van der Waals surface area contributed by atoms with Gasteiger partial charge in [0, 0.05) is 37.2 Å². The van der Waals surface area contributed by atoms with Crippen LogP contribution >= 0.6 is 0 Å². The molecule has 0 bridgehead atoms. The van der Waals surface area contributed by atoms with Crippen LogP contribution in [0.5, 0.6) is 0 Å². The number of carbonyl (C=O) groups excluding carboxylic acids is 1. The SMILES string of the molecule is CCCCCNC(=O)c1ccnc(Nc2ccc(N(CC)CC)cc2)n1. The zero-order valence-electron chi connectivity index (χ0n) is 16.0. The average molecular weight is 355 g/mol. The number of nitrogens with zero attached hydrogens (tertiary/aromatic N) is 3. The molecule has 0 aliphatic heterocycles. The van der Waals surface area contributed by atoms with Crippen molar-refractivity contribution >= 4 is 23.2 Å². The highest BCUT2D eigenvalue weighted by Crippen LogP contribution is 2.19. The standard InChI is InChI=1S/C20H29N5O/c1-4-7-8-14-21-19(26)18-13-15-22-20(24-18)23-16-9-11-17(12-10-16)25(5-2)6-3/h9-13,15H,4-8,14H2,1-3H3,(H,21,26)(H,22,23,24). The van der Waals surface area contributed by atoms with Crippen molar-refractivity contribution < 1.29 is 4.79 Å². The Labute approximate surface area is 156 Å². The van der Waals surface area contributed by atoms with Gasteiger partial charge in [0.2, 0.25) is 5.95 Å². The molecule has 6 nitrogen and oxygen atoms in total. The van der Waals surface area contributed by atoms with Gasteiger partial charge in [-0.3, -0.25) is 4.79 Å². The van der Waals surface area contributed by atoms with Crippen LogP contribution in [0.1, 0.15) is 50.5 Å². The lowest BCUT2D eigenvalue weighted by Gasteiger charge is -2.21. The van der Waals surface area contributed by atoms with Crippen molar-refractivity contribution in [3.8, 4) is 0 Å². The lowest BCUT2D eigenvalue weighted by Crippen LogP contribution is -2.25. The summed E-state index contributed by atoms with van der Waals surface area (Å²) < 4.78 is 0. The third-order valence-corrected chi connectivity index (χ3v) is 4.21. The molecule has 1 aromatic heterocycles. The van der Waals surface area contributed by atoms with Gasteiger partial charge in [-0.2, -0.15) is 0 Å². The molecule has 6 heteroatoms. The minimum Gasteiger partial charge on any atom is -0.372 e. The predicted molar refractivity (Wildman–Crippen MR) is 107 cm³/mol. The van der Waals surface area contributed by atoms with Crippen LogP contribution in [0.2, 0.25) is 0 Å². The molecule has 0 radical (unpaired) electrons. The Morgan fingerprint density at radius 1 is 1.04 bits per heavy atom. The van der Waals surface area contributed by atoms with Crippen LogP contribution in [0.15, 0.2) is 36.5 Å². The van der Waals surface area contributed by atoms with Gasteiger partial charge < -0.3 is 15.5 Å². The second-order valence-electron chi connectivity index (χ2n) is 6.07. The summed E-state index contributed by atoms with van der Waals surface area (Å²) in [6, 6.07) is 9.76. The molecular formula is C20H29N5O. The minimum atomic E-state index is -0.163. The molecule has 2 rings (SSSR count). The van der Waals surface area contributed by atoms with Gasteiger partial charge in [-0.05, 0) is 50.6 Å². The zero-order valence-corrected chi connectivity index (χ0v) is 16.0. The second kappa shape index (κ2) is 10.4. The molecule has 0 aliphatic rings. The molecule has 0 spiro atoms. The Kier molecular flexibility index (Phi) is 7.86. The van der Waals surface area contributed by atoms with E-state index in [1.54, 1.807) is 12.3 Å². The summed E-state index contributed by atoms with van der Waals surface area (Å²) in [6.45, 7) is 9.04. The average Bonchev–Trinajstić information content (AvgIpc) is 2.67. The number of rotatable bonds is 10. The molecule has 0 saturated carbocycles. The third kappa shape index (κ3) is 5.72. The number of benzene rings is 1. The summed E-state index contributed by atoms with van der Waals surface area (Å²) in [5.74, 6) is 0.255. The minimum absolute atomic E-state index is 0.163. The first-order valence-electron chi connectivity index (χ1n) is 9.41. The van der Waals surface area contributed by atoms with E-state index in [-0.39, 0.29) is 5.91 Å². The normalized spacial score (nSPS) is 10.4. The molecule has 140 valence electrons. The molecule has 0 saturated heterocycles. The lowest BCUT2D eigenvalue weighted by molar-refractivity contribution is 0.0948. The number of hydrogen-bond donors (Lipinski definition) is 2. The highest BCUT2D eigenvalue weighted by Gasteiger charge is 2.08. The summed E-state index contributed by atoms with van der Waals surface area (Å²) in [6.07, 6.45) is 4.82. The fourth-order valence-corrected chi connectivity index (χ4v) is 2.69. The van der Waals surface area contributed by atoms with Crippen LogP contribution in [0.4, 0.5) is 17.3 Å². The summed E-state index contributed by atoms with van der Waals surface area (Å²) >= 11 is 0. The van der Waals surface area contributed by atoms with E-state index >= 15 is 0 Å². The van der Waals surface area contributed by atoms with Crippen molar-refractivity contribution in [2.24, 2.45) is 0 Å². The third-order valence-electron chi connectivity index (χ3n) is 4.21. The molecule has 1 heterocycles. The van der Waals surface area contributed by atoms with E-state index < -0.39 is 0 Å². The van der Waals surface area contributed by atoms with E-state index in [9.17, 15) is 4.79 Å². The molecule has 1 aromatic carbocycles. The molecule has 26 heavy (non-hydrogen) atoms. The first-order chi connectivity index (χ1) is 12.7. The monoisotopic (exact) mass is 355 g/mol. The van der Waals surface area contributed by atoms with Crippen molar-refractivity contribution in [2.75, 3.05) is 29.9 Å². The molecule has 0 fully saturated rings. The summed E-state index contributed by atoms with van der Waals surface area (Å²) in [7, 11) is 0. The van der Waals surface area contributed by atoms with Gasteiger partial charge in [0.05, 0.1) is 0 Å². The Morgan fingerprint density at radius 2 is 1.77 bits per heavy atom. The van der Waals surface area contributed by atoms with Gasteiger partial charge in [-0.15, -0.1) is 0 Å². The van der Waals surface area contributed by atoms with Gasteiger partial charge in [-0.25, -0.2) is 9.97 Å². The number of carbonyl (C=O) groups is 1. The Hall–Kier alpha value is -2.63. The molecule has 2 N–H and O–H groups in total. The maximum Gasteiger partial charge on any atom is 0.270 e. The molecule has 2 aromatic rings. The smallest absolute Gasteiger partial charge is 0.270 e. The largest absolute Gasteiger partial charge is 0.372 e. The molecule has 1 amide bonds. The predicted octanol–water partition coefficient (Wildman–Crippen LogP) is 3.99. The van der Waals surface area contributed by atoms with Crippen LogP contribution in [-0.4, -0.2) is 35.5 Å². The van der Waals surface area contributed by atoms with Gasteiger partial charge in [0.15, 0.2) is 0 Å². The van der Waals surface area contributed by atoms with Crippen molar-refractivity contribution in [3.63, 3.8) is 0 Å². The van der Waals surface area contributed by atoms with Crippen molar-refractivity contribution in [2.45, 2.75) is 40.0 Å². The first-order valence-corrected chi connectivity index (χ1v) is 9.41.